The van der Waals surface area contributed by atoms with Gasteiger partial charge in [0.25, 0.3) is 0 Å². The summed E-state index contributed by atoms with van der Waals surface area (Å²) in [5, 5.41) is 0.135. The Morgan fingerprint density at radius 1 is 1.07 bits per heavy atom. The van der Waals surface area contributed by atoms with Gasteiger partial charge < -0.3 is 9.64 Å². The van der Waals surface area contributed by atoms with Crippen LogP contribution in [0.4, 0.5) is 5.00 Å². The van der Waals surface area contributed by atoms with E-state index in [2.05, 4.69) is 4.98 Å². The third-order valence-electron chi connectivity index (χ3n) is 4.17. The van der Waals surface area contributed by atoms with Crippen LogP contribution >= 0.6 is 11.3 Å². The minimum atomic E-state index is -3.96. The van der Waals surface area contributed by atoms with Crippen molar-refractivity contribution in [3.63, 3.8) is 0 Å². The SMILES string of the molecule is Cc1ccc(S(=O)(=O)c2nc(S(C)(=O)=O)sc2N2C[C@@H](C)O[C@@H](C)C2)cc1. The Bertz CT molecular complexity index is 1030. The van der Waals surface area contributed by atoms with Crippen molar-refractivity contribution in [2.24, 2.45) is 0 Å². The maximum absolute atomic E-state index is 13.2. The van der Waals surface area contributed by atoms with Gasteiger partial charge in [0, 0.05) is 19.3 Å². The van der Waals surface area contributed by atoms with E-state index in [1.807, 2.05) is 25.7 Å². The summed E-state index contributed by atoms with van der Waals surface area (Å²) in [6.07, 6.45) is 0.822. The molecule has 0 radical (unpaired) electrons. The maximum atomic E-state index is 13.2. The van der Waals surface area contributed by atoms with E-state index in [1.165, 1.54) is 12.1 Å². The van der Waals surface area contributed by atoms with Gasteiger partial charge in [-0.2, -0.15) is 0 Å². The van der Waals surface area contributed by atoms with Crippen molar-refractivity contribution in [1.29, 1.82) is 0 Å². The van der Waals surface area contributed by atoms with Crippen molar-refractivity contribution in [3.05, 3.63) is 29.8 Å². The second kappa shape index (κ2) is 7.16. The molecule has 2 heterocycles. The second-order valence-corrected chi connectivity index (χ2v) is 11.9. The van der Waals surface area contributed by atoms with Gasteiger partial charge in [-0.25, -0.2) is 21.8 Å². The summed E-state index contributed by atoms with van der Waals surface area (Å²) in [5.74, 6) is 0. The first-order valence-electron chi connectivity index (χ1n) is 8.41. The number of sulfone groups is 2. The molecule has 0 aliphatic carbocycles. The summed E-state index contributed by atoms with van der Waals surface area (Å²) in [7, 11) is -7.59. The molecule has 148 valence electrons. The Labute approximate surface area is 163 Å². The molecule has 10 heteroatoms. The van der Waals surface area contributed by atoms with E-state index in [0.717, 1.165) is 23.2 Å². The first kappa shape index (κ1) is 20.2. The molecule has 1 aliphatic heterocycles. The van der Waals surface area contributed by atoms with E-state index in [1.54, 1.807) is 12.1 Å². The monoisotopic (exact) mass is 430 g/mol. The van der Waals surface area contributed by atoms with Gasteiger partial charge >= 0.3 is 0 Å². The van der Waals surface area contributed by atoms with Crippen LogP contribution in [0, 0.1) is 6.92 Å². The Morgan fingerprint density at radius 2 is 1.63 bits per heavy atom. The quantitative estimate of drug-likeness (QED) is 0.735. The normalized spacial score (nSPS) is 21.4. The summed E-state index contributed by atoms with van der Waals surface area (Å²) in [4.78, 5) is 5.98. The van der Waals surface area contributed by atoms with Gasteiger partial charge in [-0.1, -0.05) is 29.0 Å². The molecule has 1 aromatic heterocycles. The molecule has 1 aromatic carbocycles. The van der Waals surface area contributed by atoms with Crippen LogP contribution in [0.5, 0.6) is 0 Å². The van der Waals surface area contributed by atoms with Gasteiger partial charge in [0.05, 0.1) is 17.1 Å². The standard InChI is InChI=1S/C17H22N2O5S3/c1-11-5-7-14(8-6-11)27(22,23)15-16(25-17(18-15)26(4,20)21)19-9-12(2)24-13(3)10-19/h5-8,12-13H,9-10H2,1-4H3/t12-,13+. The summed E-state index contributed by atoms with van der Waals surface area (Å²) in [6.45, 7) is 6.59. The van der Waals surface area contributed by atoms with E-state index in [0.29, 0.717) is 18.1 Å². The summed E-state index contributed by atoms with van der Waals surface area (Å²) in [6, 6.07) is 6.43. The molecule has 27 heavy (non-hydrogen) atoms. The minimum Gasteiger partial charge on any atom is -0.372 e. The molecule has 2 atom stereocenters. The van der Waals surface area contributed by atoms with Crippen molar-refractivity contribution in [1.82, 2.24) is 4.98 Å². The average Bonchev–Trinajstić information content (AvgIpc) is 3.00. The molecule has 0 amide bonds. The highest BCUT2D eigenvalue weighted by atomic mass is 32.2. The molecule has 0 unspecified atom stereocenters. The molecule has 1 aliphatic rings. The van der Waals surface area contributed by atoms with E-state index in [9.17, 15) is 16.8 Å². The van der Waals surface area contributed by atoms with Crippen molar-refractivity contribution >= 4 is 36.0 Å². The largest absolute Gasteiger partial charge is 0.372 e. The molecule has 7 nitrogen and oxygen atoms in total. The van der Waals surface area contributed by atoms with E-state index in [4.69, 9.17) is 4.74 Å². The molecule has 0 bridgehead atoms. The van der Waals surface area contributed by atoms with Gasteiger partial charge in [-0.3, -0.25) is 0 Å². The fourth-order valence-electron chi connectivity index (χ4n) is 2.99. The molecule has 1 saturated heterocycles. The van der Waals surface area contributed by atoms with Crippen molar-refractivity contribution < 1.29 is 21.6 Å². The highest BCUT2D eigenvalue weighted by molar-refractivity contribution is 7.93. The van der Waals surface area contributed by atoms with Crippen molar-refractivity contribution in [2.75, 3.05) is 24.2 Å². The minimum absolute atomic E-state index is 0.0917. The van der Waals surface area contributed by atoms with Crippen LogP contribution in [-0.4, -0.2) is 53.4 Å². The lowest BCUT2D eigenvalue weighted by Gasteiger charge is -2.36. The number of ether oxygens (including phenoxy) is 1. The first-order valence-corrected chi connectivity index (χ1v) is 12.6. The predicted octanol–water partition coefficient (Wildman–Crippen LogP) is 2.30. The molecule has 3 rings (SSSR count). The van der Waals surface area contributed by atoms with Gasteiger partial charge in [0.15, 0.2) is 5.03 Å². The Balaban J connectivity index is 2.16. The Morgan fingerprint density at radius 3 is 2.15 bits per heavy atom. The Hall–Kier alpha value is -1.49. The topological polar surface area (TPSA) is 93.6 Å². The molecular weight excluding hydrogens is 408 g/mol. The second-order valence-electron chi connectivity index (χ2n) is 6.84. The number of anilines is 1. The van der Waals surface area contributed by atoms with Gasteiger partial charge in [0.1, 0.15) is 5.00 Å². The average molecular weight is 431 g/mol. The number of rotatable bonds is 4. The van der Waals surface area contributed by atoms with Crippen LogP contribution in [0.1, 0.15) is 19.4 Å². The highest BCUT2D eigenvalue weighted by Crippen LogP contribution is 2.38. The molecule has 0 N–H and O–H groups in total. The van der Waals surface area contributed by atoms with Crippen LogP contribution in [0.15, 0.2) is 38.5 Å². The zero-order valence-electron chi connectivity index (χ0n) is 15.5. The highest BCUT2D eigenvalue weighted by Gasteiger charge is 2.34. The number of nitrogens with zero attached hydrogens (tertiary/aromatic N) is 2. The zero-order chi connectivity index (χ0) is 20.0. The number of aryl methyl sites for hydroxylation is 1. The molecule has 1 fully saturated rings. The Kier molecular flexibility index (Phi) is 5.37. The number of morpholine rings is 1. The van der Waals surface area contributed by atoms with E-state index < -0.39 is 19.7 Å². The number of aromatic nitrogens is 1. The maximum Gasteiger partial charge on any atom is 0.226 e. The molecule has 0 spiro atoms. The fraction of sp³-hybridized carbons (Fsp3) is 0.471. The van der Waals surface area contributed by atoms with Crippen LogP contribution in [0.25, 0.3) is 0 Å². The predicted molar refractivity (Wildman–Crippen MR) is 104 cm³/mol. The van der Waals surface area contributed by atoms with Gasteiger partial charge in [-0.15, -0.1) is 0 Å². The lowest BCUT2D eigenvalue weighted by Crippen LogP contribution is -2.45. The van der Waals surface area contributed by atoms with E-state index >= 15 is 0 Å². The molecular formula is C17H22N2O5S3. The van der Waals surface area contributed by atoms with Crippen LogP contribution < -0.4 is 4.90 Å². The van der Waals surface area contributed by atoms with Gasteiger partial charge in [-0.05, 0) is 32.9 Å². The lowest BCUT2D eigenvalue weighted by atomic mass is 10.2. The summed E-state index contributed by atoms with van der Waals surface area (Å²) in [5.41, 5.74) is 0.931. The van der Waals surface area contributed by atoms with Crippen LogP contribution in [0.3, 0.4) is 0 Å². The lowest BCUT2D eigenvalue weighted by molar-refractivity contribution is -0.00517. The number of hydrogen-bond acceptors (Lipinski definition) is 8. The van der Waals surface area contributed by atoms with Crippen LogP contribution in [-0.2, 0) is 24.4 Å². The summed E-state index contributed by atoms with van der Waals surface area (Å²) >= 11 is 0.894. The van der Waals surface area contributed by atoms with Gasteiger partial charge in [0.2, 0.25) is 24.0 Å². The van der Waals surface area contributed by atoms with Crippen molar-refractivity contribution in [3.8, 4) is 0 Å². The smallest absolute Gasteiger partial charge is 0.226 e. The number of thiazole rings is 1. The number of benzene rings is 1. The van der Waals surface area contributed by atoms with E-state index in [-0.39, 0.29) is 26.5 Å². The molecule has 0 saturated carbocycles. The third-order valence-corrected chi connectivity index (χ3v) is 8.78. The number of hydrogen-bond donors (Lipinski definition) is 0. The van der Waals surface area contributed by atoms with Crippen LogP contribution in [0.2, 0.25) is 0 Å². The fourth-order valence-corrected chi connectivity index (χ4v) is 6.66. The van der Waals surface area contributed by atoms with Crippen molar-refractivity contribution in [2.45, 2.75) is 47.2 Å². The first-order chi connectivity index (χ1) is 12.5. The third kappa shape index (κ3) is 4.18. The summed E-state index contributed by atoms with van der Waals surface area (Å²) < 4.78 is 56.0. The zero-order valence-corrected chi connectivity index (χ0v) is 18.0. The molecule has 2 aromatic rings.